The predicted octanol–water partition coefficient (Wildman–Crippen LogP) is 3.78. The summed E-state index contributed by atoms with van der Waals surface area (Å²) in [4.78, 5) is 11.9. The first kappa shape index (κ1) is 15.1. The molecule has 1 amide bonds. The zero-order chi connectivity index (χ0) is 15.4. The van der Waals surface area contributed by atoms with Crippen molar-refractivity contribution in [2.24, 2.45) is 0 Å². The topological polar surface area (TPSA) is 52.9 Å². The number of hydrogen-bond acceptors (Lipinski definition) is 2. The molecular weight excluding hydrogens is 342 g/mol. The first-order valence-electron chi connectivity index (χ1n) is 5.93. The number of halogens is 3. The second-order valence-electron chi connectivity index (χ2n) is 4.26. The van der Waals surface area contributed by atoms with Crippen molar-refractivity contribution in [3.8, 4) is 6.07 Å². The first-order chi connectivity index (χ1) is 9.99. The Hall–Kier alpha value is -2.26. The molecule has 6 heteroatoms. The van der Waals surface area contributed by atoms with Gasteiger partial charge in [0.2, 0.25) is 5.91 Å². The molecule has 2 aromatic carbocycles. The van der Waals surface area contributed by atoms with Crippen molar-refractivity contribution in [3.63, 3.8) is 0 Å². The van der Waals surface area contributed by atoms with E-state index < -0.39 is 17.5 Å². The van der Waals surface area contributed by atoms with Crippen LogP contribution in [0, 0.1) is 23.0 Å². The lowest BCUT2D eigenvalue weighted by atomic mass is 10.1. The Kier molecular flexibility index (Phi) is 4.66. The van der Waals surface area contributed by atoms with Crippen molar-refractivity contribution < 1.29 is 13.6 Å². The molecule has 0 aliphatic carbocycles. The van der Waals surface area contributed by atoms with Gasteiger partial charge in [-0.15, -0.1) is 0 Å². The summed E-state index contributed by atoms with van der Waals surface area (Å²) in [6.45, 7) is 0. The highest BCUT2D eigenvalue weighted by Crippen LogP contribution is 2.21. The number of anilines is 1. The van der Waals surface area contributed by atoms with E-state index in [1.54, 1.807) is 18.2 Å². The fourth-order valence-corrected chi connectivity index (χ4v) is 2.11. The normalized spacial score (nSPS) is 10.0. The molecule has 21 heavy (non-hydrogen) atoms. The van der Waals surface area contributed by atoms with Gasteiger partial charge in [0.1, 0.15) is 17.7 Å². The summed E-state index contributed by atoms with van der Waals surface area (Å²) in [7, 11) is 0. The van der Waals surface area contributed by atoms with Crippen LogP contribution in [0.15, 0.2) is 40.9 Å². The van der Waals surface area contributed by atoms with Gasteiger partial charge in [-0.3, -0.25) is 4.79 Å². The summed E-state index contributed by atoms with van der Waals surface area (Å²) in [6, 6.07) is 9.79. The number of benzene rings is 2. The molecule has 0 aliphatic rings. The van der Waals surface area contributed by atoms with Crippen LogP contribution in [-0.2, 0) is 11.2 Å². The average Bonchev–Trinajstić information content (AvgIpc) is 2.42. The van der Waals surface area contributed by atoms with Gasteiger partial charge in [-0.05, 0) is 29.8 Å². The van der Waals surface area contributed by atoms with Crippen molar-refractivity contribution in [1.29, 1.82) is 5.26 Å². The molecule has 0 unspecified atom stereocenters. The molecule has 0 spiro atoms. The number of nitrogens with zero attached hydrogens (tertiary/aromatic N) is 1. The number of nitriles is 1. The molecule has 0 saturated carbocycles. The standard InChI is InChI=1S/C15H9BrF2N2O/c16-11-3-1-10(8-19)14(6-11)20-15(21)5-9-2-4-12(17)7-13(9)18/h1-4,6-7H,5H2,(H,20,21). The number of rotatable bonds is 3. The minimum atomic E-state index is -0.778. The fraction of sp³-hybridized carbons (Fsp3) is 0.0667. The van der Waals surface area contributed by atoms with Gasteiger partial charge < -0.3 is 5.32 Å². The van der Waals surface area contributed by atoms with Crippen LogP contribution >= 0.6 is 15.9 Å². The molecule has 106 valence electrons. The molecule has 0 fully saturated rings. The molecule has 0 saturated heterocycles. The van der Waals surface area contributed by atoms with Crippen LogP contribution in [0.4, 0.5) is 14.5 Å². The highest BCUT2D eigenvalue weighted by Gasteiger charge is 2.11. The van der Waals surface area contributed by atoms with Crippen molar-refractivity contribution in [2.75, 3.05) is 5.32 Å². The predicted molar refractivity (Wildman–Crippen MR) is 77.5 cm³/mol. The molecule has 0 aromatic heterocycles. The summed E-state index contributed by atoms with van der Waals surface area (Å²) in [5.74, 6) is -1.97. The van der Waals surface area contributed by atoms with Gasteiger partial charge in [-0.25, -0.2) is 8.78 Å². The van der Waals surface area contributed by atoms with E-state index in [0.717, 1.165) is 12.1 Å². The van der Waals surface area contributed by atoms with E-state index >= 15 is 0 Å². The minimum Gasteiger partial charge on any atom is -0.325 e. The van der Waals surface area contributed by atoms with Crippen LogP contribution in [0.1, 0.15) is 11.1 Å². The summed E-state index contributed by atoms with van der Waals surface area (Å²) in [6.07, 6.45) is -0.247. The Labute approximate surface area is 128 Å². The summed E-state index contributed by atoms with van der Waals surface area (Å²) in [5, 5.41) is 11.5. The molecular formula is C15H9BrF2N2O. The third-order valence-corrected chi connectivity index (χ3v) is 3.24. The highest BCUT2D eigenvalue weighted by molar-refractivity contribution is 9.10. The number of carbonyl (C=O) groups is 1. The van der Waals surface area contributed by atoms with Gasteiger partial charge >= 0.3 is 0 Å². The van der Waals surface area contributed by atoms with Crippen LogP contribution < -0.4 is 5.32 Å². The van der Waals surface area contributed by atoms with E-state index in [-0.39, 0.29) is 12.0 Å². The minimum absolute atomic E-state index is 0.0856. The number of amides is 1. The van der Waals surface area contributed by atoms with Crippen molar-refractivity contribution in [2.45, 2.75) is 6.42 Å². The Bertz CT molecular complexity index is 741. The van der Waals surface area contributed by atoms with E-state index in [0.29, 0.717) is 15.7 Å². The largest absolute Gasteiger partial charge is 0.325 e. The monoisotopic (exact) mass is 350 g/mol. The molecule has 2 rings (SSSR count). The van der Waals surface area contributed by atoms with Crippen molar-refractivity contribution in [3.05, 3.63) is 63.6 Å². The summed E-state index contributed by atoms with van der Waals surface area (Å²) in [5.41, 5.74) is 0.716. The van der Waals surface area contributed by atoms with Crippen molar-refractivity contribution in [1.82, 2.24) is 0 Å². The third kappa shape index (κ3) is 3.86. The zero-order valence-corrected chi connectivity index (χ0v) is 12.2. The highest BCUT2D eigenvalue weighted by atomic mass is 79.9. The summed E-state index contributed by atoms with van der Waals surface area (Å²) < 4.78 is 27.0. The van der Waals surface area contributed by atoms with Gasteiger partial charge in [0.05, 0.1) is 17.7 Å². The third-order valence-electron chi connectivity index (χ3n) is 2.74. The number of hydrogen-bond donors (Lipinski definition) is 1. The Balaban J connectivity index is 2.15. The smallest absolute Gasteiger partial charge is 0.228 e. The Morgan fingerprint density at radius 3 is 2.67 bits per heavy atom. The first-order valence-corrected chi connectivity index (χ1v) is 6.72. The Morgan fingerprint density at radius 1 is 1.24 bits per heavy atom. The van der Waals surface area contributed by atoms with Crippen LogP contribution in [0.2, 0.25) is 0 Å². The quantitative estimate of drug-likeness (QED) is 0.915. The van der Waals surface area contributed by atoms with Gasteiger partial charge in [-0.1, -0.05) is 22.0 Å². The summed E-state index contributed by atoms with van der Waals surface area (Å²) >= 11 is 3.24. The molecule has 0 heterocycles. The maximum Gasteiger partial charge on any atom is 0.228 e. The molecule has 1 N–H and O–H groups in total. The SMILES string of the molecule is N#Cc1ccc(Br)cc1NC(=O)Cc1ccc(F)cc1F. The zero-order valence-electron chi connectivity index (χ0n) is 10.7. The molecule has 0 radical (unpaired) electrons. The van der Waals surface area contributed by atoms with E-state index in [1.807, 2.05) is 6.07 Å². The van der Waals surface area contributed by atoms with E-state index in [9.17, 15) is 13.6 Å². The lowest BCUT2D eigenvalue weighted by molar-refractivity contribution is -0.115. The van der Waals surface area contributed by atoms with Crippen LogP contribution in [0.3, 0.4) is 0 Å². The van der Waals surface area contributed by atoms with E-state index in [2.05, 4.69) is 21.2 Å². The van der Waals surface area contributed by atoms with E-state index in [1.165, 1.54) is 6.07 Å². The van der Waals surface area contributed by atoms with Gasteiger partial charge in [0.15, 0.2) is 0 Å². The molecule has 0 atom stereocenters. The molecule has 0 aliphatic heterocycles. The lowest BCUT2D eigenvalue weighted by Crippen LogP contribution is -2.16. The maximum atomic E-state index is 13.5. The van der Waals surface area contributed by atoms with Crippen LogP contribution in [-0.4, -0.2) is 5.91 Å². The molecule has 0 bridgehead atoms. The molecule has 2 aromatic rings. The van der Waals surface area contributed by atoms with E-state index in [4.69, 9.17) is 5.26 Å². The van der Waals surface area contributed by atoms with Gasteiger partial charge in [0, 0.05) is 10.5 Å². The number of carbonyl (C=O) groups excluding carboxylic acids is 1. The fourth-order valence-electron chi connectivity index (χ4n) is 1.75. The maximum absolute atomic E-state index is 13.5. The number of nitrogens with one attached hydrogen (secondary N) is 1. The second-order valence-corrected chi connectivity index (χ2v) is 5.18. The van der Waals surface area contributed by atoms with Gasteiger partial charge in [0.25, 0.3) is 0 Å². The lowest BCUT2D eigenvalue weighted by Gasteiger charge is -2.08. The van der Waals surface area contributed by atoms with Crippen LogP contribution in [0.25, 0.3) is 0 Å². The second kappa shape index (κ2) is 6.46. The van der Waals surface area contributed by atoms with Crippen LogP contribution in [0.5, 0.6) is 0 Å². The van der Waals surface area contributed by atoms with Crippen molar-refractivity contribution >= 4 is 27.5 Å². The molecule has 3 nitrogen and oxygen atoms in total. The van der Waals surface area contributed by atoms with Gasteiger partial charge in [-0.2, -0.15) is 5.26 Å². The Morgan fingerprint density at radius 2 is 2.00 bits per heavy atom. The average molecular weight is 351 g/mol.